The number of rotatable bonds is 6. The summed E-state index contributed by atoms with van der Waals surface area (Å²) in [5, 5.41) is 15.3. The average Bonchev–Trinajstić information content (AvgIpc) is 2.69. The predicted molar refractivity (Wildman–Crippen MR) is 109 cm³/mol. The first-order valence-electron chi connectivity index (χ1n) is 8.17. The molecule has 2 N–H and O–H groups in total. The number of carbonyl (C=O) groups excluding carboxylic acids is 1. The van der Waals surface area contributed by atoms with Gasteiger partial charge in [0.25, 0.3) is 0 Å². The van der Waals surface area contributed by atoms with Crippen LogP contribution in [0.3, 0.4) is 0 Å². The number of nitrogens with zero attached hydrogens (tertiary/aromatic N) is 2. The Bertz CT molecular complexity index is 1050. The van der Waals surface area contributed by atoms with E-state index < -0.39 is 0 Å². The van der Waals surface area contributed by atoms with Gasteiger partial charge in [-0.2, -0.15) is 5.26 Å². The number of carbonyl (C=O) groups is 1. The van der Waals surface area contributed by atoms with Crippen LogP contribution < -0.4 is 15.4 Å². The van der Waals surface area contributed by atoms with E-state index >= 15 is 0 Å². The fourth-order valence-corrected chi connectivity index (χ4v) is 2.75. The molecule has 1 aromatic heterocycles. The molecule has 0 saturated carbocycles. The highest BCUT2D eigenvalue weighted by atomic mass is 35.5. The predicted octanol–water partition coefficient (Wildman–Crippen LogP) is 5.10. The Morgan fingerprint density at radius 3 is 2.75 bits per heavy atom. The lowest BCUT2D eigenvalue weighted by atomic mass is 10.2. The Kier molecular flexibility index (Phi) is 6.33. The van der Waals surface area contributed by atoms with E-state index in [1.54, 1.807) is 48.5 Å². The summed E-state index contributed by atoms with van der Waals surface area (Å²) in [6.45, 7) is -0.00106. The third kappa shape index (κ3) is 5.13. The van der Waals surface area contributed by atoms with Crippen LogP contribution in [0, 0.1) is 11.3 Å². The Balaban J connectivity index is 1.66. The fourth-order valence-electron chi connectivity index (χ4n) is 2.33. The molecule has 0 aliphatic rings. The Hall–Kier alpha value is -3.27. The summed E-state index contributed by atoms with van der Waals surface area (Å²) < 4.78 is 5.74. The van der Waals surface area contributed by atoms with Crippen molar-refractivity contribution in [2.75, 3.05) is 17.2 Å². The number of hydrogen-bond acceptors (Lipinski definition) is 5. The van der Waals surface area contributed by atoms with Crippen LogP contribution in [-0.4, -0.2) is 17.4 Å². The van der Waals surface area contributed by atoms with Crippen LogP contribution in [0.15, 0.2) is 60.8 Å². The molecule has 140 valence electrons. The van der Waals surface area contributed by atoms with Crippen LogP contribution in [0.4, 0.5) is 11.4 Å². The maximum atomic E-state index is 12.2. The second-order valence-corrected chi connectivity index (χ2v) is 6.48. The van der Waals surface area contributed by atoms with Crippen LogP contribution in [0.25, 0.3) is 0 Å². The quantitative estimate of drug-likeness (QED) is 0.587. The topological polar surface area (TPSA) is 87.0 Å². The number of anilines is 2. The SMILES string of the molecule is N#Cc1cccc(NC(=O)CNc2ccccc2Oc2ncc(Cl)cc2Cl)c1. The molecule has 2 aromatic carbocycles. The molecule has 0 saturated heterocycles. The lowest BCUT2D eigenvalue weighted by Gasteiger charge is -2.13. The molecule has 8 heteroatoms. The van der Waals surface area contributed by atoms with E-state index in [1.165, 1.54) is 12.3 Å². The lowest BCUT2D eigenvalue weighted by molar-refractivity contribution is -0.114. The van der Waals surface area contributed by atoms with Crippen LogP contribution in [0.1, 0.15) is 5.56 Å². The highest BCUT2D eigenvalue weighted by Gasteiger charge is 2.10. The standard InChI is InChI=1S/C20H14Cl2N4O2/c21-14-9-16(22)20(25-11-14)28-18-7-2-1-6-17(18)24-12-19(27)26-15-5-3-4-13(8-15)10-23/h1-9,11,24H,12H2,(H,26,27). The first-order valence-corrected chi connectivity index (χ1v) is 8.92. The number of aromatic nitrogens is 1. The molecule has 0 radical (unpaired) electrons. The first kappa shape index (κ1) is 19.5. The van der Waals surface area contributed by atoms with E-state index in [2.05, 4.69) is 15.6 Å². The molecule has 3 rings (SSSR count). The van der Waals surface area contributed by atoms with E-state index in [-0.39, 0.29) is 23.4 Å². The monoisotopic (exact) mass is 412 g/mol. The van der Waals surface area contributed by atoms with Gasteiger partial charge in [-0.25, -0.2) is 4.98 Å². The van der Waals surface area contributed by atoms with Gasteiger partial charge in [0.15, 0.2) is 5.75 Å². The van der Waals surface area contributed by atoms with Crippen molar-refractivity contribution in [2.24, 2.45) is 0 Å². The lowest BCUT2D eigenvalue weighted by Crippen LogP contribution is -2.21. The van der Waals surface area contributed by atoms with Crippen LogP contribution >= 0.6 is 23.2 Å². The molecule has 0 unspecified atom stereocenters. The van der Waals surface area contributed by atoms with E-state index in [0.717, 1.165) is 0 Å². The Labute approximate surface area is 171 Å². The summed E-state index contributed by atoms with van der Waals surface area (Å²) >= 11 is 11.9. The van der Waals surface area contributed by atoms with E-state index in [4.69, 9.17) is 33.2 Å². The summed E-state index contributed by atoms with van der Waals surface area (Å²) in [7, 11) is 0. The van der Waals surface area contributed by atoms with Crippen molar-refractivity contribution in [3.8, 4) is 17.7 Å². The summed E-state index contributed by atoms with van der Waals surface area (Å²) in [5.41, 5.74) is 1.61. The number of pyridine rings is 1. The Morgan fingerprint density at radius 1 is 1.14 bits per heavy atom. The maximum absolute atomic E-state index is 12.2. The number of nitrogens with one attached hydrogen (secondary N) is 2. The van der Waals surface area contributed by atoms with E-state index in [9.17, 15) is 4.79 Å². The zero-order chi connectivity index (χ0) is 19.9. The average molecular weight is 413 g/mol. The largest absolute Gasteiger partial charge is 0.435 e. The third-order valence-electron chi connectivity index (χ3n) is 3.58. The van der Waals surface area contributed by atoms with Crippen molar-refractivity contribution in [3.63, 3.8) is 0 Å². The normalized spacial score (nSPS) is 10.0. The number of hydrogen-bond donors (Lipinski definition) is 2. The van der Waals surface area contributed by atoms with Gasteiger partial charge in [0, 0.05) is 11.9 Å². The summed E-state index contributed by atoms with van der Waals surface area (Å²) in [6, 6.07) is 17.3. The van der Waals surface area contributed by atoms with Gasteiger partial charge in [0.05, 0.1) is 28.9 Å². The second kappa shape index (κ2) is 9.09. The summed E-state index contributed by atoms with van der Waals surface area (Å²) in [4.78, 5) is 16.3. The number of nitriles is 1. The van der Waals surface area contributed by atoms with Crippen molar-refractivity contribution in [1.82, 2.24) is 4.98 Å². The fraction of sp³-hybridized carbons (Fsp3) is 0.0500. The van der Waals surface area contributed by atoms with Gasteiger partial charge >= 0.3 is 0 Å². The smallest absolute Gasteiger partial charge is 0.243 e. The van der Waals surface area contributed by atoms with E-state index in [1.807, 2.05) is 6.07 Å². The number of amides is 1. The molecule has 1 amide bonds. The number of para-hydroxylation sites is 2. The molecule has 0 aliphatic carbocycles. The molecular formula is C20H14Cl2N4O2. The van der Waals surface area contributed by atoms with Gasteiger partial charge in [0.1, 0.15) is 5.02 Å². The first-order chi connectivity index (χ1) is 13.5. The van der Waals surface area contributed by atoms with Crippen LogP contribution in [-0.2, 0) is 4.79 Å². The maximum Gasteiger partial charge on any atom is 0.243 e. The minimum Gasteiger partial charge on any atom is -0.435 e. The van der Waals surface area contributed by atoms with Gasteiger partial charge in [0.2, 0.25) is 11.8 Å². The van der Waals surface area contributed by atoms with Crippen molar-refractivity contribution < 1.29 is 9.53 Å². The van der Waals surface area contributed by atoms with Crippen LogP contribution in [0.5, 0.6) is 11.6 Å². The zero-order valence-electron chi connectivity index (χ0n) is 14.4. The highest BCUT2D eigenvalue weighted by molar-refractivity contribution is 6.35. The van der Waals surface area contributed by atoms with Gasteiger partial charge in [-0.3, -0.25) is 4.79 Å². The molecule has 28 heavy (non-hydrogen) atoms. The number of benzene rings is 2. The molecular weight excluding hydrogens is 399 g/mol. The highest BCUT2D eigenvalue weighted by Crippen LogP contribution is 2.33. The van der Waals surface area contributed by atoms with Crippen molar-refractivity contribution in [2.45, 2.75) is 0 Å². The van der Waals surface area contributed by atoms with Gasteiger partial charge in [-0.05, 0) is 36.4 Å². The molecule has 6 nitrogen and oxygen atoms in total. The van der Waals surface area contributed by atoms with Crippen molar-refractivity contribution in [3.05, 3.63) is 76.4 Å². The van der Waals surface area contributed by atoms with Crippen LogP contribution in [0.2, 0.25) is 10.0 Å². The minimum atomic E-state index is -0.271. The molecule has 0 aliphatic heterocycles. The van der Waals surface area contributed by atoms with Crippen molar-refractivity contribution in [1.29, 1.82) is 5.26 Å². The minimum absolute atomic E-state index is 0.00106. The number of halogens is 2. The molecule has 0 spiro atoms. The molecule has 0 atom stereocenters. The van der Waals surface area contributed by atoms with E-state index in [0.29, 0.717) is 27.7 Å². The molecule has 1 heterocycles. The third-order valence-corrected chi connectivity index (χ3v) is 4.06. The van der Waals surface area contributed by atoms with Gasteiger partial charge in [-0.1, -0.05) is 41.4 Å². The van der Waals surface area contributed by atoms with Gasteiger partial charge in [-0.15, -0.1) is 0 Å². The Morgan fingerprint density at radius 2 is 1.96 bits per heavy atom. The zero-order valence-corrected chi connectivity index (χ0v) is 16.0. The van der Waals surface area contributed by atoms with Crippen molar-refractivity contribution >= 4 is 40.5 Å². The summed E-state index contributed by atoms with van der Waals surface area (Å²) in [6.07, 6.45) is 1.43. The van der Waals surface area contributed by atoms with Gasteiger partial charge < -0.3 is 15.4 Å². The number of ether oxygens (including phenoxy) is 1. The summed E-state index contributed by atoms with van der Waals surface area (Å²) in [5.74, 6) is 0.393. The second-order valence-electron chi connectivity index (χ2n) is 5.63. The molecule has 3 aromatic rings. The molecule has 0 fully saturated rings. The molecule has 0 bridgehead atoms.